The van der Waals surface area contributed by atoms with Crippen LogP contribution in [-0.2, 0) is 6.18 Å². The Morgan fingerprint density at radius 3 is 2.22 bits per heavy atom. The van der Waals surface area contributed by atoms with Crippen LogP contribution in [-0.4, -0.2) is 73.0 Å². The van der Waals surface area contributed by atoms with Gasteiger partial charge in [0, 0.05) is 38.0 Å². The molecule has 2 fully saturated rings. The lowest BCUT2D eigenvalue weighted by atomic mass is 10.0. The van der Waals surface area contributed by atoms with Gasteiger partial charge in [0.1, 0.15) is 22.6 Å². The summed E-state index contributed by atoms with van der Waals surface area (Å²) in [4.78, 5) is 36.4. The number of carboxylic acids is 1. The maximum absolute atomic E-state index is 14.7. The lowest BCUT2D eigenvalue weighted by Gasteiger charge is -2.23. The summed E-state index contributed by atoms with van der Waals surface area (Å²) in [6.07, 6.45) is -2.15. The minimum Gasteiger partial charge on any atom is -0.478 e. The van der Waals surface area contributed by atoms with Gasteiger partial charge < -0.3 is 14.9 Å². The zero-order valence-corrected chi connectivity index (χ0v) is 18.8. The summed E-state index contributed by atoms with van der Waals surface area (Å²) in [5, 5.41) is 17.2. The number of nitrogens with zero attached hydrogens (tertiary/aromatic N) is 7. The van der Waals surface area contributed by atoms with Crippen molar-refractivity contribution in [1.82, 2.24) is 29.9 Å². The number of carbonyl (C=O) groups is 2. The van der Waals surface area contributed by atoms with E-state index in [4.69, 9.17) is 0 Å². The predicted molar refractivity (Wildman–Crippen MR) is 115 cm³/mol. The third-order valence-corrected chi connectivity index (χ3v) is 6.46. The smallest absolute Gasteiger partial charge is 0.434 e. The minimum absolute atomic E-state index is 0.107. The Kier molecular flexibility index (Phi) is 5.60. The second kappa shape index (κ2) is 8.53. The van der Waals surface area contributed by atoms with Gasteiger partial charge in [0.25, 0.3) is 5.91 Å². The fourth-order valence-corrected chi connectivity index (χ4v) is 4.87. The van der Waals surface area contributed by atoms with Gasteiger partial charge in [-0.1, -0.05) is 6.07 Å². The van der Waals surface area contributed by atoms with Gasteiger partial charge in [0.2, 0.25) is 5.95 Å². The molecule has 2 aromatic heterocycles. The number of rotatable bonds is 4. The maximum atomic E-state index is 14.7. The first-order valence-corrected chi connectivity index (χ1v) is 10.9. The molecule has 2 saturated heterocycles. The molecule has 2 atom stereocenters. The Hall–Kier alpha value is -4.10. The number of aromatic carboxylic acids is 1. The van der Waals surface area contributed by atoms with Crippen LogP contribution in [0.2, 0.25) is 0 Å². The van der Waals surface area contributed by atoms with E-state index in [1.54, 1.807) is 4.90 Å². The number of carbonyl (C=O) groups excluding carboxylic acids is 1. The minimum atomic E-state index is -4.96. The average molecular weight is 505 g/mol. The number of carboxylic acid groups (broad SMARTS) is 1. The lowest BCUT2D eigenvalue weighted by molar-refractivity contribution is -0.141. The first-order valence-electron chi connectivity index (χ1n) is 10.9. The summed E-state index contributed by atoms with van der Waals surface area (Å²) in [7, 11) is 0. The van der Waals surface area contributed by atoms with Crippen LogP contribution in [0.25, 0.3) is 5.69 Å². The second-order valence-corrected chi connectivity index (χ2v) is 8.72. The molecule has 3 aromatic rings. The number of aromatic nitrogens is 5. The van der Waals surface area contributed by atoms with Crippen molar-refractivity contribution < 1.29 is 32.3 Å². The molecule has 2 unspecified atom stereocenters. The molecule has 4 heterocycles. The molecule has 10 nitrogen and oxygen atoms in total. The van der Waals surface area contributed by atoms with Crippen LogP contribution in [0.15, 0.2) is 30.6 Å². The summed E-state index contributed by atoms with van der Waals surface area (Å²) in [6.45, 7) is 2.25. The zero-order chi connectivity index (χ0) is 25.8. The highest BCUT2D eigenvalue weighted by atomic mass is 19.4. The van der Waals surface area contributed by atoms with Crippen molar-refractivity contribution in [2.75, 3.05) is 31.1 Å². The fraction of sp³-hybridized carbons (Fsp3) is 0.364. The molecule has 1 amide bonds. The first-order chi connectivity index (χ1) is 17.0. The molecule has 0 aliphatic carbocycles. The highest BCUT2D eigenvalue weighted by Gasteiger charge is 2.45. The van der Waals surface area contributed by atoms with E-state index in [1.165, 1.54) is 42.4 Å². The van der Waals surface area contributed by atoms with E-state index in [1.807, 2.05) is 0 Å². The van der Waals surface area contributed by atoms with E-state index in [-0.39, 0.29) is 60.9 Å². The number of hydrogen-bond acceptors (Lipinski definition) is 7. The van der Waals surface area contributed by atoms with Crippen LogP contribution in [0.4, 0.5) is 23.5 Å². The monoisotopic (exact) mass is 505 g/mol. The quantitative estimate of drug-likeness (QED) is 0.538. The highest BCUT2D eigenvalue weighted by molar-refractivity contribution is 5.98. The molecule has 188 valence electrons. The van der Waals surface area contributed by atoms with Crippen molar-refractivity contribution in [2.45, 2.75) is 13.1 Å². The van der Waals surface area contributed by atoms with Crippen LogP contribution in [0.1, 0.15) is 32.1 Å². The fourth-order valence-electron chi connectivity index (χ4n) is 4.87. The lowest BCUT2D eigenvalue weighted by Crippen LogP contribution is -2.35. The van der Waals surface area contributed by atoms with Crippen molar-refractivity contribution in [3.63, 3.8) is 0 Å². The number of likely N-dealkylation sites (tertiary alicyclic amines) is 1. The number of benzene rings is 1. The van der Waals surface area contributed by atoms with Crippen LogP contribution in [0, 0.1) is 24.6 Å². The van der Waals surface area contributed by atoms with Gasteiger partial charge in [-0.15, -0.1) is 0 Å². The molecule has 0 bridgehead atoms. The number of aryl methyl sites for hydroxylation is 1. The Morgan fingerprint density at radius 2 is 1.64 bits per heavy atom. The second-order valence-electron chi connectivity index (χ2n) is 8.72. The van der Waals surface area contributed by atoms with Gasteiger partial charge in [0.15, 0.2) is 5.69 Å². The van der Waals surface area contributed by atoms with Crippen molar-refractivity contribution in [1.29, 1.82) is 0 Å². The van der Waals surface area contributed by atoms with E-state index < -0.39 is 35.1 Å². The van der Waals surface area contributed by atoms with Gasteiger partial charge in [-0.25, -0.2) is 19.2 Å². The van der Waals surface area contributed by atoms with Crippen LogP contribution in [0.5, 0.6) is 0 Å². The summed E-state index contributed by atoms with van der Waals surface area (Å²) in [5.41, 5.74) is -2.72. The molecule has 2 aliphatic rings. The van der Waals surface area contributed by atoms with E-state index in [9.17, 15) is 32.3 Å². The third kappa shape index (κ3) is 4.01. The molecular weight excluding hydrogens is 486 g/mol. The van der Waals surface area contributed by atoms with Gasteiger partial charge in [-0.05, 0) is 19.1 Å². The molecule has 0 radical (unpaired) electrons. The zero-order valence-electron chi connectivity index (χ0n) is 18.8. The SMILES string of the molecule is Cc1nc(N2CC3CN(C(=O)c4c(F)cccc4-n4nccn4)CC3C2)nc(C(F)(F)F)c1C(=O)O. The largest absolute Gasteiger partial charge is 0.478 e. The normalized spacial score (nSPS) is 19.6. The van der Waals surface area contributed by atoms with Crippen molar-refractivity contribution in [3.05, 3.63) is 58.9 Å². The highest BCUT2D eigenvalue weighted by Crippen LogP contribution is 2.37. The predicted octanol–water partition coefficient (Wildman–Crippen LogP) is 2.43. The third-order valence-electron chi connectivity index (χ3n) is 6.46. The molecule has 1 aromatic carbocycles. The number of anilines is 1. The van der Waals surface area contributed by atoms with Crippen LogP contribution in [0.3, 0.4) is 0 Å². The maximum Gasteiger partial charge on any atom is 0.434 e. The molecule has 2 aliphatic heterocycles. The molecule has 5 rings (SSSR count). The van der Waals surface area contributed by atoms with Gasteiger partial charge in [-0.2, -0.15) is 28.2 Å². The summed E-state index contributed by atoms with van der Waals surface area (Å²) in [5.74, 6) is -3.42. The molecule has 36 heavy (non-hydrogen) atoms. The summed E-state index contributed by atoms with van der Waals surface area (Å²) < 4.78 is 55.2. The van der Waals surface area contributed by atoms with Gasteiger partial charge in [-0.3, -0.25) is 4.79 Å². The van der Waals surface area contributed by atoms with E-state index in [0.717, 1.165) is 4.80 Å². The number of halogens is 4. The Balaban J connectivity index is 1.36. The van der Waals surface area contributed by atoms with Crippen LogP contribution >= 0.6 is 0 Å². The van der Waals surface area contributed by atoms with Crippen molar-refractivity contribution >= 4 is 17.8 Å². The molecule has 1 N–H and O–H groups in total. The number of fused-ring (bicyclic) bond motifs is 1. The van der Waals surface area contributed by atoms with Crippen molar-refractivity contribution in [3.8, 4) is 5.69 Å². The standard InChI is InChI=1S/C22H19F4N7O3/c1-11-16(20(35)36)18(22(24,25)26)30-21(29-11)32-9-12-7-31(8-13(12)10-32)19(34)17-14(23)3-2-4-15(17)33-27-5-6-28-33/h2-6,12-13H,7-10H2,1H3,(H,35,36). The first kappa shape index (κ1) is 23.6. The number of amides is 1. The topological polar surface area (TPSA) is 117 Å². The summed E-state index contributed by atoms with van der Waals surface area (Å²) in [6, 6.07) is 4.17. The van der Waals surface area contributed by atoms with E-state index in [0.29, 0.717) is 0 Å². The molecule has 14 heteroatoms. The van der Waals surface area contributed by atoms with Crippen molar-refractivity contribution in [2.24, 2.45) is 11.8 Å². The summed E-state index contributed by atoms with van der Waals surface area (Å²) >= 11 is 0. The average Bonchev–Trinajstić information content (AvgIpc) is 3.53. The molecule has 0 saturated carbocycles. The molecular formula is C22H19F4N7O3. The van der Waals surface area contributed by atoms with Gasteiger partial charge >= 0.3 is 12.1 Å². The molecule has 0 spiro atoms. The number of alkyl halides is 3. The Labute approximate surface area is 201 Å². The Morgan fingerprint density at radius 1 is 1.00 bits per heavy atom. The number of hydrogen-bond donors (Lipinski definition) is 1. The van der Waals surface area contributed by atoms with E-state index >= 15 is 0 Å². The van der Waals surface area contributed by atoms with E-state index in [2.05, 4.69) is 20.2 Å². The van der Waals surface area contributed by atoms with Gasteiger partial charge in [0.05, 0.1) is 18.1 Å². The Bertz CT molecular complexity index is 1330. The van der Waals surface area contributed by atoms with Crippen LogP contribution < -0.4 is 4.90 Å².